The van der Waals surface area contributed by atoms with Gasteiger partial charge in [-0.15, -0.1) is 0 Å². The maximum atomic E-state index is 10.6. The normalized spacial score (nSPS) is 16.8. The average Bonchev–Trinajstić information content (AvgIpc) is 3.23. The molecule has 1 aliphatic rings. The Kier molecular flexibility index (Phi) is 9.36. The van der Waals surface area contributed by atoms with Crippen LogP contribution in [0.25, 0.3) is 0 Å². The zero-order chi connectivity index (χ0) is 22.9. The predicted molar refractivity (Wildman–Crippen MR) is 127 cm³/mol. The maximum Gasteiger partial charge on any atom is 0.145 e. The number of benzene rings is 2. The predicted octanol–water partition coefficient (Wildman–Crippen LogP) is 4.38. The van der Waals surface area contributed by atoms with E-state index in [2.05, 4.69) is 23.9 Å². The zero-order valence-electron chi connectivity index (χ0n) is 19.0. The molecule has 0 spiro atoms. The van der Waals surface area contributed by atoms with Crippen LogP contribution in [0.4, 0.5) is 0 Å². The fourth-order valence-electron chi connectivity index (χ4n) is 3.63. The van der Waals surface area contributed by atoms with Crippen LogP contribution in [0.15, 0.2) is 53.7 Å². The van der Waals surface area contributed by atoms with Crippen LogP contribution in [0, 0.1) is 5.92 Å². The topological polar surface area (TPSA) is 63.5 Å². The summed E-state index contributed by atoms with van der Waals surface area (Å²) in [6, 6.07) is 15.6. The largest absolute Gasteiger partial charge is 0.497 e. The second-order valence-corrected chi connectivity index (χ2v) is 8.98. The molecule has 1 N–H and O–H groups in total. The van der Waals surface area contributed by atoms with Gasteiger partial charge in [0.05, 0.1) is 25.5 Å². The van der Waals surface area contributed by atoms with Crippen molar-refractivity contribution >= 4 is 17.3 Å². The number of ether oxygens (including phenoxy) is 2. The summed E-state index contributed by atoms with van der Waals surface area (Å²) in [5.74, 6) is 1.24. The lowest BCUT2D eigenvalue weighted by molar-refractivity contribution is -0.00734. The highest BCUT2D eigenvalue weighted by atomic mass is 35.5. The van der Waals surface area contributed by atoms with Crippen molar-refractivity contribution < 1.29 is 19.4 Å². The summed E-state index contributed by atoms with van der Waals surface area (Å²) in [5.41, 5.74) is 2.95. The van der Waals surface area contributed by atoms with E-state index in [0.29, 0.717) is 50.2 Å². The van der Waals surface area contributed by atoms with E-state index in [4.69, 9.17) is 25.9 Å². The van der Waals surface area contributed by atoms with Crippen molar-refractivity contribution in [1.82, 2.24) is 4.90 Å². The van der Waals surface area contributed by atoms with Crippen molar-refractivity contribution in [1.29, 1.82) is 0 Å². The van der Waals surface area contributed by atoms with E-state index < -0.39 is 6.10 Å². The molecule has 0 aromatic heterocycles. The number of hydrogen-bond acceptors (Lipinski definition) is 6. The third kappa shape index (κ3) is 7.48. The molecule has 2 aromatic rings. The molecular formula is C25H33ClN2O4. The first-order valence-electron chi connectivity index (χ1n) is 11.0. The highest BCUT2D eigenvalue weighted by molar-refractivity contribution is 6.31. The van der Waals surface area contributed by atoms with Gasteiger partial charge in [0.2, 0.25) is 0 Å². The molecule has 6 nitrogen and oxygen atoms in total. The number of halogens is 1. The Morgan fingerprint density at radius 3 is 2.59 bits per heavy atom. The Bertz CT molecular complexity index is 873. The summed E-state index contributed by atoms with van der Waals surface area (Å²) >= 11 is 6.39. The summed E-state index contributed by atoms with van der Waals surface area (Å²) < 4.78 is 10.9. The van der Waals surface area contributed by atoms with Gasteiger partial charge in [-0.25, -0.2) is 0 Å². The third-order valence-corrected chi connectivity index (χ3v) is 5.57. The van der Waals surface area contributed by atoms with Gasteiger partial charge in [-0.3, -0.25) is 4.90 Å². The van der Waals surface area contributed by atoms with E-state index >= 15 is 0 Å². The number of methoxy groups -OCH3 is 1. The third-order valence-electron chi connectivity index (χ3n) is 5.20. The first-order valence-corrected chi connectivity index (χ1v) is 11.4. The smallest absolute Gasteiger partial charge is 0.145 e. The Morgan fingerprint density at radius 1 is 1.16 bits per heavy atom. The molecule has 7 heteroatoms. The molecule has 1 aliphatic heterocycles. The minimum absolute atomic E-state index is 0.0987. The highest BCUT2D eigenvalue weighted by Crippen LogP contribution is 2.22. The van der Waals surface area contributed by atoms with Gasteiger partial charge in [-0.1, -0.05) is 48.8 Å². The van der Waals surface area contributed by atoms with Gasteiger partial charge in [0, 0.05) is 37.7 Å². The Labute approximate surface area is 195 Å². The van der Waals surface area contributed by atoms with E-state index in [-0.39, 0.29) is 6.10 Å². The SMILES string of the molecule is COc1ccc(C2=NOC(CN(Cc3ccccc3Cl)CC(O)COCC(C)C)C2)cc1. The minimum Gasteiger partial charge on any atom is -0.497 e. The van der Waals surface area contributed by atoms with Gasteiger partial charge in [-0.05, 0) is 47.4 Å². The van der Waals surface area contributed by atoms with Crippen LogP contribution < -0.4 is 4.74 Å². The number of aliphatic hydroxyl groups excluding tert-OH is 1. The van der Waals surface area contributed by atoms with Gasteiger partial charge in [-0.2, -0.15) is 0 Å². The van der Waals surface area contributed by atoms with Crippen LogP contribution in [-0.4, -0.2) is 61.3 Å². The molecule has 32 heavy (non-hydrogen) atoms. The van der Waals surface area contributed by atoms with E-state index in [1.54, 1.807) is 7.11 Å². The van der Waals surface area contributed by atoms with Crippen molar-refractivity contribution in [2.24, 2.45) is 11.1 Å². The molecule has 0 saturated heterocycles. The van der Waals surface area contributed by atoms with Crippen LogP contribution in [0.2, 0.25) is 5.02 Å². The molecule has 2 atom stereocenters. The minimum atomic E-state index is -0.598. The molecule has 2 unspecified atom stereocenters. The Morgan fingerprint density at radius 2 is 1.91 bits per heavy atom. The molecule has 1 heterocycles. The number of rotatable bonds is 12. The van der Waals surface area contributed by atoms with Crippen molar-refractivity contribution in [3.05, 3.63) is 64.7 Å². The van der Waals surface area contributed by atoms with Crippen molar-refractivity contribution in [3.63, 3.8) is 0 Å². The van der Waals surface area contributed by atoms with Crippen molar-refractivity contribution in [3.8, 4) is 5.75 Å². The first-order chi connectivity index (χ1) is 15.4. The summed E-state index contributed by atoms with van der Waals surface area (Å²) in [4.78, 5) is 7.89. The maximum absolute atomic E-state index is 10.6. The van der Waals surface area contributed by atoms with Crippen LogP contribution >= 0.6 is 11.6 Å². The second-order valence-electron chi connectivity index (χ2n) is 8.57. The van der Waals surface area contributed by atoms with Crippen molar-refractivity contribution in [2.75, 3.05) is 33.4 Å². The first kappa shape index (κ1) is 24.5. The van der Waals surface area contributed by atoms with Gasteiger partial charge in [0.15, 0.2) is 0 Å². The molecule has 0 amide bonds. The number of hydrogen-bond donors (Lipinski definition) is 1. The molecule has 3 rings (SSSR count). The Hall–Kier alpha value is -2.12. The summed E-state index contributed by atoms with van der Waals surface area (Å²) in [6.45, 7) is 6.81. The number of oxime groups is 1. The molecule has 0 aliphatic carbocycles. The zero-order valence-corrected chi connectivity index (χ0v) is 19.8. The number of nitrogens with zero attached hydrogens (tertiary/aromatic N) is 2. The van der Waals surface area contributed by atoms with E-state index in [9.17, 15) is 5.11 Å². The van der Waals surface area contributed by atoms with E-state index in [1.165, 1.54) is 0 Å². The number of aliphatic hydroxyl groups is 1. The summed E-state index contributed by atoms with van der Waals surface area (Å²) in [5, 5.41) is 15.6. The lowest BCUT2D eigenvalue weighted by atomic mass is 10.0. The fourth-order valence-corrected chi connectivity index (χ4v) is 3.83. The quantitative estimate of drug-likeness (QED) is 0.509. The van der Waals surface area contributed by atoms with Gasteiger partial charge >= 0.3 is 0 Å². The van der Waals surface area contributed by atoms with Crippen LogP contribution in [0.3, 0.4) is 0 Å². The standard InChI is InChI=1S/C25H33ClN2O4/c1-18(2)16-31-17-21(29)14-28(13-20-6-4-5-7-24(20)26)15-23-12-25(27-32-23)19-8-10-22(30-3)11-9-19/h4-11,18,21,23,29H,12-17H2,1-3H3. The monoisotopic (exact) mass is 460 g/mol. The molecule has 2 aromatic carbocycles. The van der Waals surface area contributed by atoms with Gasteiger partial charge < -0.3 is 19.4 Å². The lowest BCUT2D eigenvalue weighted by Gasteiger charge is -2.27. The second kappa shape index (κ2) is 12.2. The van der Waals surface area contributed by atoms with E-state index in [1.807, 2.05) is 48.5 Å². The van der Waals surface area contributed by atoms with Crippen LogP contribution in [0.1, 0.15) is 31.4 Å². The molecule has 0 saturated carbocycles. The summed E-state index contributed by atoms with van der Waals surface area (Å²) in [7, 11) is 1.65. The van der Waals surface area contributed by atoms with E-state index in [0.717, 1.165) is 22.6 Å². The molecule has 0 bridgehead atoms. The van der Waals surface area contributed by atoms with Gasteiger partial charge in [0.25, 0.3) is 0 Å². The van der Waals surface area contributed by atoms with Crippen LogP contribution in [0.5, 0.6) is 5.75 Å². The highest BCUT2D eigenvalue weighted by Gasteiger charge is 2.26. The lowest BCUT2D eigenvalue weighted by Crippen LogP contribution is -2.39. The fraction of sp³-hybridized carbons (Fsp3) is 0.480. The van der Waals surface area contributed by atoms with Crippen LogP contribution in [-0.2, 0) is 16.1 Å². The molecule has 0 fully saturated rings. The van der Waals surface area contributed by atoms with Gasteiger partial charge in [0.1, 0.15) is 11.9 Å². The van der Waals surface area contributed by atoms with Crippen molar-refractivity contribution in [2.45, 2.75) is 39.0 Å². The summed E-state index contributed by atoms with van der Waals surface area (Å²) in [6.07, 6.45) is 0.00339. The molecule has 174 valence electrons. The Balaban J connectivity index is 1.61. The average molecular weight is 461 g/mol. The molecular weight excluding hydrogens is 428 g/mol. The molecule has 0 radical (unpaired) electrons.